The molecular formula is C11H16N2O3. The van der Waals surface area contributed by atoms with Gasteiger partial charge in [-0.3, -0.25) is 9.63 Å². The zero-order valence-corrected chi connectivity index (χ0v) is 9.45. The standard InChI is InChI=1S/C11H16N2O3/c1-8-3-4-10(12)9(7-8)11(14)13-16-6-5-15-2/h3-4,7H,5-6,12H2,1-2H3,(H,13,14). The maximum Gasteiger partial charge on any atom is 0.276 e. The van der Waals surface area contributed by atoms with E-state index in [9.17, 15) is 4.79 Å². The van der Waals surface area contributed by atoms with Crippen molar-refractivity contribution in [1.82, 2.24) is 5.48 Å². The van der Waals surface area contributed by atoms with Crippen molar-refractivity contribution < 1.29 is 14.4 Å². The number of nitrogen functional groups attached to an aromatic ring is 1. The SMILES string of the molecule is COCCONC(=O)c1cc(C)ccc1N. The molecule has 1 aromatic carbocycles. The van der Waals surface area contributed by atoms with Gasteiger partial charge in [-0.2, -0.15) is 0 Å². The van der Waals surface area contributed by atoms with Gasteiger partial charge in [0.1, 0.15) is 0 Å². The Hall–Kier alpha value is -1.59. The number of hydroxylamine groups is 1. The van der Waals surface area contributed by atoms with E-state index >= 15 is 0 Å². The minimum atomic E-state index is -0.350. The molecule has 88 valence electrons. The summed E-state index contributed by atoms with van der Waals surface area (Å²) >= 11 is 0. The van der Waals surface area contributed by atoms with Crippen LogP contribution in [0.3, 0.4) is 0 Å². The van der Waals surface area contributed by atoms with Gasteiger partial charge in [0, 0.05) is 12.8 Å². The van der Waals surface area contributed by atoms with Gasteiger partial charge in [0.05, 0.1) is 18.8 Å². The normalized spacial score (nSPS) is 10.1. The van der Waals surface area contributed by atoms with Gasteiger partial charge in [-0.1, -0.05) is 11.6 Å². The van der Waals surface area contributed by atoms with Gasteiger partial charge in [-0.05, 0) is 19.1 Å². The van der Waals surface area contributed by atoms with Gasteiger partial charge in [-0.15, -0.1) is 0 Å². The van der Waals surface area contributed by atoms with Crippen LogP contribution in [0.2, 0.25) is 0 Å². The summed E-state index contributed by atoms with van der Waals surface area (Å²) < 4.78 is 4.77. The first kappa shape index (κ1) is 12.5. The second kappa shape index (κ2) is 6.09. The largest absolute Gasteiger partial charge is 0.398 e. The molecule has 1 rings (SSSR count). The molecule has 0 bridgehead atoms. The van der Waals surface area contributed by atoms with Crippen LogP contribution in [0.5, 0.6) is 0 Å². The van der Waals surface area contributed by atoms with E-state index in [4.69, 9.17) is 15.3 Å². The molecule has 0 unspecified atom stereocenters. The smallest absolute Gasteiger partial charge is 0.276 e. The van der Waals surface area contributed by atoms with Crippen LogP contribution in [0.15, 0.2) is 18.2 Å². The molecule has 3 N–H and O–H groups in total. The first-order valence-corrected chi connectivity index (χ1v) is 4.92. The van der Waals surface area contributed by atoms with Crippen LogP contribution in [-0.4, -0.2) is 26.2 Å². The molecule has 1 aromatic rings. The minimum Gasteiger partial charge on any atom is -0.398 e. The lowest BCUT2D eigenvalue weighted by atomic mass is 10.1. The van der Waals surface area contributed by atoms with Crippen molar-refractivity contribution in [3.8, 4) is 0 Å². The molecule has 0 aliphatic rings. The first-order valence-electron chi connectivity index (χ1n) is 4.92. The van der Waals surface area contributed by atoms with Crippen molar-refractivity contribution in [2.45, 2.75) is 6.92 Å². The zero-order valence-electron chi connectivity index (χ0n) is 9.45. The molecule has 0 aromatic heterocycles. The molecule has 0 aliphatic heterocycles. The number of nitrogens with two attached hydrogens (primary N) is 1. The predicted molar refractivity (Wildman–Crippen MR) is 60.9 cm³/mol. The van der Waals surface area contributed by atoms with Crippen LogP contribution >= 0.6 is 0 Å². The summed E-state index contributed by atoms with van der Waals surface area (Å²) in [6, 6.07) is 5.25. The molecule has 0 saturated carbocycles. The maximum atomic E-state index is 11.6. The van der Waals surface area contributed by atoms with E-state index in [-0.39, 0.29) is 5.91 Å². The Kier molecular flexibility index (Phi) is 4.75. The highest BCUT2D eigenvalue weighted by Crippen LogP contribution is 2.13. The van der Waals surface area contributed by atoms with E-state index in [1.165, 1.54) is 0 Å². The van der Waals surface area contributed by atoms with Crippen LogP contribution in [0.25, 0.3) is 0 Å². The van der Waals surface area contributed by atoms with Gasteiger partial charge in [-0.25, -0.2) is 5.48 Å². The number of hydrogen-bond acceptors (Lipinski definition) is 4. The third kappa shape index (κ3) is 3.52. The molecular weight excluding hydrogens is 208 g/mol. The zero-order chi connectivity index (χ0) is 12.0. The molecule has 1 amide bonds. The molecule has 0 radical (unpaired) electrons. The van der Waals surface area contributed by atoms with Crippen LogP contribution < -0.4 is 11.2 Å². The monoisotopic (exact) mass is 224 g/mol. The number of aryl methyl sites for hydroxylation is 1. The van der Waals surface area contributed by atoms with Gasteiger partial charge >= 0.3 is 0 Å². The predicted octanol–water partition coefficient (Wildman–Crippen LogP) is 0.885. The third-order valence-electron chi connectivity index (χ3n) is 2.01. The van der Waals surface area contributed by atoms with Crippen molar-refractivity contribution in [2.75, 3.05) is 26.1 Å². The summed E-state index contributed by atoms with van der Waals surface area (Å²) in [6.45, 7) is 2.61. The van der Waals surface area contributed by atoms with E-state index in [2.05, 4.69) is 5.48 Å². The average molecular weight is 224 g/mol. The fourth-order valence-corrected chi connectivity index (χ4v) is 1.16. The molecule has 0 saturated heterocycles. The second-order valence-electron chi connectivity index (χ2n) is 3.36. The Balaban J connectivity index is 2.55. The Labute approximate surface area is 94.5 Å². The molecule has 0 aliphatic carbocycles. The first-order chi connectivity index (χ1) is 7.65. The van der Waals surface area contributed by atoms with Crippen LogP contribution in [0.4, 0.5) is 5.69 Å². The number of carbonyl (C=O) groups excluding carboxylic acids is 1. The molecule has 5 heteroatoms. The Bertz CT molecular complexity index is 366. The highest BCUT2D eigenvalue weighted by Gasteiger charge is 2.09. The fraction of sp³-hybridized carbons (Fsp3) is 0.364. The quantitative estimate of drug-likeness (QED) is 0.442. The van der Waals surface area contributed by atoms with Crippen LogP contribution in [-0.2, 0) is 9.57 Å². The molecule has 16 heavy (non-hydrogen) atoms. The number of amides is 1. The summed E-state index contributed by atoms with van der Waals surface area (Å²) in [4.78, 5) is 16.5. The van der Waals surface area contributed by atoms with E-state index in [0.29, 0.717) is 24.5 Å². The van der Waals surface area contributed by atoms with Crippen molar-refractivity contribution >= 4 is 11.6 Å². The Morgan fingerprint density at radius 1 is 1.44 bits per heavy atom. The molecule has 5 nitrogen and oxygen atoms in total. The van der Waals surface area contributed by atoms with Crippen molar-refractivity contribution in [2.24, 2.45) is 0 Å². The maximum absolute atomic E-state index is 11.6. The fourth-order valence-electron chi connectivity index (χ4n) is 1.16. The van der Waals surface area contributed by atoms with E-state index in [1.807, 2.05) is 13.0 Å². The topological polar surface area (TPSA) is 73.6 Å². The molecule has 0 fully saturated rings. The summed E-state index contributed by atoms with van der Waals surface area (Å²) in [5.74, 6) is -0.350. The molecule has 0 atom stereocenters. The van der Waals surface area contributed by atoms with Crippen LogP contribution in [0, 0.1) is 6.92 Å². The van der Waals surface area contributed by atoms with E-state index in [1.54, 1.807) is 19.2 Å². The number of methoxy groups -OCH3 is 1. The number of carbonyl (C=O) groups is 1. The Morgan fingerprint density at radius 2 is 2.19 bits per heavy atom. The van der Waals surface area contributed by atoms with E-state index < -0.39 is 0 Å². The van der Waals surface area contributed by atoms with Gasteiger partial charge in [0.2, 0.25) is 0 Å². The average Bonchev–Trinajstić information content (AvgIpc) is 2.27. The number of rotatable bonds is 5. The van der Waals surface area contributed by atoms with Gasteiger partial charge < -0.3 is 10.5 Å². The number of hydrogen-bond donors (Lipinski definition) is 2. The number of anilines is 1. The number of nitrogens with one attached hydrogen (secondary N) is 1. The van der Waals surface area contributed by atoms with Gasteiger partial charge in [0.25, 0.3) is 5.91 Å². The summed E-state index contributed by atoms with van der Waals surface area (Å²) in [6.07, 6.45) is 0. The van der Waals surface area contributed by atoms with Crippen molar-refractivity contribution in [1.29, 1.82) is 0 Å². The van der Waals surface area contributed by atoms with Crippen LogP contribution in [0.1, 0.15) is 15.9 Å². The third-order valence-corrected chi connectivity index (χ3v) is 2.01. The lowest BCUT2D eigenvalue weighted by Crippen LogP contribution is -2.26. The summed E-state index contributed by atoms with van der Waals surface area (Å²) in [5.41, 5.74) is 9.79. The van der Waals surface area contributed by atoms with Crippen molar-refractivity contribution in [3.05, 3.63) is 29.3 Å². The van der Waals surface area contributed by atoms with Gasteiger partial charge in [0.15, 0.2) is 0 Å². The minimum absolute atomic E-state index is 0.300. The number of benzene rings is 1. The lowest BCUT2D eigenvalue weighted by molar-refractivity contribution is 0.00894. The lowest BCUT2D eigenvalue weighted by Gasteiger charge is -2.08. The number of ether oxygens (including phenoxy) is 1. The molecule has 0 spiro atoms. The summed E-state index contributed by atoms with van der Waals surface area (Å²) in [5, 5.41) is 0. The summed E-state index contributed by atoms with van der Waals surface area (Å²) in [7, 11) is 1.56. The Morgan fingerprint density at radius 3 is 2.88 bits per heavy atom. The second-order valence-corrected chi connectivity index (χ2v) is 3.36. The van der Waals surface area contributed by atoms with Crippen molar-refractivity contribution in [3.63, 3.8) is 0 Å². The highest BCUT2D eigenvalue weighted by atomic mass is 16.7. The molecule has 0 heterocycles. The van der Waals surface area contributed by atoms with E-state index in [0.717, 1.165) is 5.56 Å². The highest BCUT2D eigenvalue weighted by molar-refractivity contribution is 5.98.